The molecule has 1 fully saturated rings. The molecule has 0 unspecified atom stereocenters. The molecule has 1 saturated heterocycles. The molecule has 3 rings (SSSR count). The van der Waals surface area contributed by atoms with Crippen LogP contribution in [0.2, 0.25) is 0 Å². The van der Waals surface area contributed by atoms with Crippen LogP contribution < -0.4 is 4.74 Å². The van der Waals surface area contributed by atoms with Crippen LogP contribution >= 0.6 is 0 Å². The molecule has 7 nitrogen and oxygen atoms in total. The number of nitrogens with zero attached hydrogens (tertiary/aromatic N) is 3. The average molecular weight is 408 g/mol. The van der Waals surface area contributed by atoms with Gasteiger partial charge in [0.15, 0.2) is 0 Å². The molecular formula is C20H29N3O4S. The molecule has 0 aromatic heterocycles. The molecule has 0 bridgehead atoms. The van der Waals surface area contributed by atoms with Crippen molar-refractivity contribution in [1.82, 2.24) is 14.1 Å². The van der Waals surface area contributed by atoms with Gasteiger partial charge in [0.2, 0.25) is 15.9 Å². The van der Waals surface area contributed by atoms with Crippen molar-refractivity contribution in [3.63, 3.8) is 0 Å². The van der Waals surface area contributed by atoms with E-state index in [-0.39, 0.29) is 5.91 Å². The van der Waals surface area contributed by atoms with E-state index >= 15 is 0 Å². The highest BCUT2D eigenvalue weighted by molar-refractivity contribution is 7.88. The number of amides is 1. The van der Waals surface area contributed by atoms with Crippen LogP contribution in [0.25, 0.3) is 0 Å². The lowest BCUT2D eigenvalue weighted by Gasteiger charge is -2.34. The van der Waals surface area contributed by atoms with E-state index in [1.807, 2.05) is 29.2 Å². The molecule has 0 saturated carbocycles. The number of hydrogen-bond donors (Lipinski definition) is 0. The summed E-state index contributed by atoms with van der Waals surface area (Å²) in [7, 11) is -3.27. The number of rotatable bonds is 6. The summed E-state index contributed by atoms with van der Waals surface area (Å²) in [5, 5.41) is 0. The van der Waals surface area contributed by atoms with E-state index in [0.717, 1.165) is 49.6 Å². The minimum atomic E-state index is -3.27. The summed E-state index contributed by atoms with van der Waals surface area (Å²) in [6.45, 7) is 8.90. The Morgan fingerprint density at radius 3 is 2.64 bits per heavy atom. The highest BCUT2D eigenvalue weighted by Gasteiger charge is 2.23. The maximum absolute atomic E-state index is 12.5. The lowest BCUT2D eigenvalue weighted by molar-refractivity contribution is -0.132. The second-order valence-corrected chi connectivity index (χ2v) is 9.34. The molecule has 28 heavy (non-hydrogen) atoms. The van der Waals surface area contributed by atoms with Gasteiger partial charge in [-0.25, -0.2) is 8.42 Å². The zero-order chi connectivity index (χ0) is 20.1. The van der Waals surface area contributed by atoms with Crippen LogP contribution in [0.4, 0.5) is 0 Å². The van der Waals surface area contributed by atoms with E-state index in [4.69, 9.17) is 4.74 Å². The Morgan fingerprint density at radius 1 is 1.21 bits per heavy atom. The van der Waals surface area contributed by atoms with E-state index in [1.165, 1.54) is 10.6 Å². The number of carbonyl (C=O) groups excluding carboxylic acids is 1. The quantitative estimate of drug-likeness (QED) is 0.661. The number of piperazine rings is 1. The molecule has 1 aromatic rings. The van der Waals surface area contributed by atoms with Gasteiger partial charge in [0.25, 0.3) is 0 Å². The Morgan fingerprint density at radius 2 is 1.96 bits per heavy atom. The third-order valence-electron chi connectivity index (χ3n) is 5.28. The zero-order valence-corrected chi connectivity index (χ0v) is 17.3. The largest absolute Gasteiger partial charge is 0.492 e. The van der Waals surface area contributed by atoms with Crippen LogP contribution in [0.5, 0.6) is 5.75 Å². The summed E-state index contributed by atoms with van der Waals surface area (Å²) in [6, 6.07) is 5.81. The zero-order valence-electron chi connectivity index (χ0n) is 16.5. The summed E-state index contributed by atoms with van der Waals surface area (Å²) < 4.78 is 30.9. The third kappa shape index (κ3) is 5.33. The van der Waals surface area contributed by atoms with Crippen LogP contribution in [-0.4, -0.2) is 80.6 Å². The van der Waals surface area contributed by atoms with Crippen LogP contribution in [0, 0.1) is 0 Å². The summed E-state index contributed by atoms with van der Waals surface area (Å²) in [6.07, 6.45) is 4.20. The molecule has 1 aromatic carbocycles. The van der Waals surface area contributed by atoms with Gasteiger partial charge in [0, 0.05) is 57.8 Å². The topological polar surface area (TPSA) is 70.2 Å². The minimum absolute atomic E-state index is 0.169. The van der Waals surface area contributed by atoms with E-state index < -0.39 is 10.0 Å². The van der Waals surface area contributed by atoms with Crippen LogP contribution in [0.1, 0.15) is 17.5 Å². The van der Waals surface area contributed by atoms with Gasteiger partial charge in [-0.3, -0.25) is 9.69 Å². The third-order valence-corrected chi connectivity index (χ3v) is 6.53. The summed E-state index contributed by atoms with van der Waals surface area (Å²) in [5.41, 5.74) is 1.88. The first kappa shape index (κ1) is 20.8. The maximum atomic E-state index is 12.5. The van der Waals surface area contributed by atoms with E-state index in [2.05, 4.69) is 11.5 Å². The second kappa shape index (κ2) is 9.07. The Kier molecular flexibility index (Phi) is 6.74. The van der Waals surface area contributed by atoms with Crippen LogP contribution in [0.15, 0.2) is 30.9 Å². The molecular weight excluding hydrogens is 378 g/mol. The van der Waals surface area contributed by atoms with Gasteiger partial charge in [0.05, 0.1) is 6.26 Å². The fraction of sp³-hybridized carbons (Fsp3) is 0.550. The van der Waals surface area contributed by atoms with Gasteiger partial charge < -0.3 is 9.64 Å². The highest BCUT2D eigenvalue weighted by atomic mass is 32.2. The molecule has 1 amide bonds. The number of hydrogen-bond acceptors (Lipinski definition) is 5. The smallest absolute Gasteiger partial charge is 0.222 e. The number of benzene rings is 1. The second-order valence-electron chi connectivity index (χ2n) is 7.36. The molecule has 0 N–H and O–H groups in total. The molecule has 8 heteroatoms. The van der Waals surface area contributed by atoms with Crippen LogP contribution in [-0.2, 0) is 27.8 Å². The van der Waals surface area contributed by atoms with Gasteiger partial charge in [-0.05, 0) is 18.1 Å². The molecule has 0 radical (unpaired) electrons. The summed E-state index contributed by atoms with van der Waals surface area (Å²) in [4.78, 5) is 16.8. The standard InChI is InChI=1S/C20H29N3O4S/c1-3-8-21-9-11-22(12-10-21)20(24)7-5-17-4-6-19-18(15-17)16-23(13-14-27-19)28(2,25)26/h3-4,6,15H,1,5,7-14,16H2,2H3. The fourth-order valence-corrected chi connectivity index (χ4v) is 4.41. The van der Waals surface area contributed by atoms with Crippen molar-refractivity contribution in [2.45, 2.75) is 19.4 Å². The number of ether oxygens (including phenoxy) is 1. The van der Waals surface area contributed by atoms with E-state index in [0.29, 0.717) is 32.5 Å². The van der Waals surface area contributed by atoms with Gasteiger partial charge in [-0.1, -0.05) is 18.2 Å². The highest BCUT2D eigenvalue weighted by Crippen LogP contribution is 2.26. The van der Waals surface area contributed by atoms with Gasteiger partial charge in [0.1, 0.15) is 12.4 Å². The Balaban J connectivity index is 1.58. The Labute approximate surface area is 167 Å². The lowest BCUT2D eigenvalue weighted by Crippen LogP contribution is -2.48. The maximum Gasteiger partial charge on any atom is 0.222 e. The van der Waals surface area contributed by atoms with Crippen molar-refractivity contribution in [3.8, 4) is 5.75 Å². The monoisotopic (exact) mass is 407 g/mol. The van der Waals surface area contributed by atoms with Gasteiger partial charge in [-0.2, -0.15) is 4.31 Å². The molecule has 2 aliphatic rings. The van der Waals surface area contributed by atoms with Crippen molar-refractivity contribution in [3.05, 3.63) is 42.0 Å². The summed E-state index contributed by atoms with van der Waals surface area (Å²) in [5.74, 6) is 0.891. The predicted octanol–water partition coefficient (Wildman–Crippen LogP) is 1.10. The summed E-state index contributed by atoms with van der Waals surface area (Å²) >= 11 is 0. The molecule has 154 valence electrons. The van der Waals surface area contributed by atoms with Crippen molar-refractivity contribution < 1.29 is 17.9 Å². The van der Waals surface area contributed by atoms with E-state index in [9.17, 15) is 13.2 Å². The van der Waals surface area contributed by atoms with Crippen molar-refractivity contribution >= 4 is 15.9 Å². The Hall–Kier alpha value is -1.90. The molecule has 2 aliphatic heterocycles. The first-order chi connectivity index (χ1) is 13.4. The Bertz CT molecular complexity index is 817. The number of carbonyl (C=O) groups is 1. The first-order valence-corrected chi connectivity index (χ1v) is 11.5. The van der Waals surface area contributed by atoms with Crippen molar-refractivity contribution in [2.75, 3.05) is 52.1 Å². The molecule has 2 heterocycles. The SMILES string of the molecule is C=CCN1CCN(C(=O)CCc2ccc3c(c2)CN(S(C)(=O)=O)CCO3)CC1. The van der Waals surface area contributed by atoms with Crippen molar-refractivity contribution in [1.29, 1.82) is 0 Å². The van der Waals surface area contributed by atoms with E-state index in [1.54, 1.807) is 0 Å². The number of sulfonamides is 1. The molecule has 0 atom stereocenters. The van der Waals surface area contributed by atoms with Gasteiger partial charge in [-0.15, -0.1) is 6.58 Å². The number of fused-ring (bicyclic) bond motifs is 1. The fourth-order valence-electron chi connectivity index (χ4n) is 3.63. The predicted molar refractivity (Wildman–Crippen MR) is 109 cm³/mol. The average Bonchev–Trinajstić information content (AvgIpc) is 2.89. The molecule has 0 aliphatic carbocycles. The normalized spacial score (nSPS) is 18.8. The minimum Gasteiger partial charge on any atom is -0.492 e. The van der Waals surface area contributed by atoms with Gasteiger partial charge >= 0.3 is 0 Å². The lowest BCUT2D eigenvalue weighted by atomic mass is 10.0. The first-order valence-electron chi connectivity index (χ1n) is 9.67. The van der Waals surface area contributed by atoms with Crippen LogP contribution in [0.3, 0.4) is 0 Å². The molecule has 0 spiro atoms. The van der Waals surface area contributed by atoms with Crippen molar-refractivity contribution in [2.24, 2.45) is 0 Å². The number of aryl methyl sites for hydroxylation is 1.